The fourth-order valence-corrected chi connectivity index (χ4v) is 3.35. The lowest BCUT2D eigenvalue weighted by molar-refractivity contribution is -0.137. The minimum Gasteiger partial charge on any atom is -0.481 e. The number of aliphatic carboxylic acids is 1. The van der Waals surface area contributed by atoms with E-state index in [1.807, 2.05) is 0 Å². The van der Waals surface area contributed by atoms with Crippen LogP contribution in [0.4, 0.5) is 0 Å². The summed E-state index contributed by atoms with van der Waals surface area (Å²) in [5.41, 5.74) is 0. The predicted molar refractivity (Wildman–Crippen MR) is 63.4 cm³/mol. The van der Waals surface area contributed by atoms with Crippen molar-refractivity contribution in [1.82, 2.24) is 9.29 Å². The summed E-state index contributed by atoms with van der Waals surface area (Å²) in [6.45, 7) is 0.0111. The van der Waals surface area contributed by atoms with Crippen molar-refractivity contribution in [3.63, 3.8) is 0 Å². The van der Waals surface area contributed by atoms with Gasteiger partial charge in [-0.15, -0.1) is 0 Å². The van der Waals surface area contributed by atoms with Crippen LogP contribution in [0.2, 0.25) is 0 Å². The highest BCUT2D eigenvalue weighted by atomic mass is 32.2. The van der Waals surface area contributed by atoms with Crippen LogP contribution in [0, 0.1) is 0 Å². The average molecular weight is 270 g/mol. The Morgan fingerprint density at radius 1 is 1.50 bits per heavy atom. The number of carbonyl (C=O) groups is 1. The maximum Gasteiger partial charge on any atom is 0.304 e. The number of hydrogen-bond donors (Lipinski definition) is 1. The van der Waals surface area contributed by atoms with Gasteiger partial charge in [0.25, 0.3) is 0 Å². The summed E-state index contributed by atoms with van der Waals surface area (Å²) in [6.07, 6.45) is 4.18. The van der Waals surface area contributed by atoms with E-state index < -0.39 is 16.0 Å². The van der Waals surface area contributed by atoms with Crippen LogP contribution in [0.3, 0.4) is 0 Å². The maximum absolute atomic E-state index is 12.3. The van der Waals surface area contributed by atoms with Crippen molar-refractivity contribution in [2.24, 2.45) is 0 Å². The van der Waals surface area contributed by atoms with Crippen LogP contribution in [0.25, 0.3) is 0 Å². The largest absolute Gasteiger partial charge is 0.481 e. The molecule has 18 heavy (non-hydrogen) atoms. The molecule has 98 valence electrons. The highest BCUT2D eigenvalue weighted by Gasteiger charge is 2.38. The monoisotopic (exact) mass is 270 g/mol. The van der Waals surface area contributed by atoms with Crippen LogP contribution < -0.4 is 0 Å². The number of aromatic nitrogens is 1. The van der Waals surface area contributed by atoms with E-state index >= 15 is 0 Å². The quantitative estimate of drug-likeness (QED) is 0.822. The topological polar surface area (TPSA) is 87.6 Å². The molecule has 0 bridgehead atoms. The van der Waals surface area contributed by atoms with Gasteiger partial charge in [0.05, 0.1) is 6.42 Å². The van der Waals surface area contributed by atoms with Gasteiger partial charge in [-0.25, -0.2) is 8.42 Å². The van der Waals surface area contributed by atoms with E-state index in [1.54, 1.807) is 6.07 Å². The summed E-state index contributed by atoms with van der Waals surface area (Å²) in [4.78, 5) is 14.5. The molecular weight excluding hydrogens is 256 g/mol. The molecule has 2 rings (SSSR count). The number of carboxylic acids is 1. The minimum absolute atomic E-state index is 0.0111. The van der Waals surface area contributed by atoms with E-state index in [0.717, 1.165) is 12.8 Å². The molecule has 1 fully saturated rings. The molecule has 1 aliphatic carbocycles. The van der Waals surface area contributed by atoms with E-state index in [2.05, 4.69) is 4.98 Å². The van der Waals surface area contributed by atoms with Gasteiger partial charge >= 0.3 is 5.97 Å². The molecule has 1 aromatic heterocycles. The zero-order valence-electron chi connectivity index (χ0n) is 9.69. The maximum atomic E-state index is 12.3. The van der Waals surface area contributed by atoms with Gasteiger partial charge in [0.15, 0.2) is 0 Å². The van der Waals surface area contributed by atoms with Crippen molar-refractivity contribution in [1.29, 1.82) is 0 Å². The summed E-state index contributed by atoms with van der Waals surface area (Å²) < 4.78 is 25.9. The van der Waals surface area contributed by atoms with Crippen molar-refractivity contribution >= 4 is 16.0 Å². The molecule has 1 saturated carbocycles. The summed E-state index contributed by atoms with van der Waals surface area (Å²) in [5, 5.41) is 8.67. The predicted octanol–water partition coefficient (Wildman–Crippen LogP) is 0.709. The molecule has 0 saturated heterocycles. The zero-order chi connectivity index (χ0) is 13.2. The Balaban J connectivity index is 2.22. The van der Waals surface area contributed by atoms with Crippen molar-refractivity contribution in [2.75, 3.05) is 6.54 Å². The van der Waals surface area contributed by atoms with Gasteiger partial charge < -0.3 is 5.11 Å². The Morgan fingerprint density at radius 3 is 2.72 bits per heavy atom. The van der Waals surface area contributed by atoms with Crippen LogP contribution in [0.1, 0.15) is 19.3 Å². The van der Waals surface area contributed by atoms with Gasteiger partial charge in [-0.05, 0) is 25.0 Å². The van der Waals surface area contributed by atoms with E-state index in [4.69, 9.17) is 5.11 Å². The first kappa shape index (κ1) is 13.0. The fraction of sp³-hybridized carbons (Fsp3) is 0.455. The molecule has 0 unspecified atom stereocenters. The SMILES string of the molecule is O=C(O)CCN(C1CC1)S(=O)(=O)c1cccnc1. The standard InChI is InChI=1S/C11H14N2O4S/c14-11(15)5-7-13(9-3-4-9)18(16,17)10-2-1-6-12-8-10/h1-2,6,8-9H,3-5,7H2,(H,14,15). The lowest BCUT2D eigenvalue weighted by Gasteiger charge is -2.20. The van der Waals surface area contributed by atoms with Crippen LogP contribution in [0.15, 0.2) is 29.4 Å². The van der Waals surface area contributed by atoms with Crippen LogP contribution in [-0.2, 0) is 14.8 Å². The van der Waals surface area contributed by atoms with Crippen LogP contribution in [0.5, 0.6) is 0 Å². The van der Waals surface area contributed by atoms with Gasteiger partial charge in [0, 0.05) is 25.0 Å². The lowest BCUT2D eigenvalue weighted by Crippen LogP contribution is -2.35. The molecule has 0 aliphatic heterocycles. The highest BCUT2D eigenvalue weighted by molar-refractivity contribution is 7.89. The first-order chi connectivity index (χ1) is 8.51. The molecule has 0 amide bonds. The summed E-state index contributed by atoms with van der Waals surface area (Å²) in [5.74, 6) is -0.998. The molecule has 1 aliphatic rings. The second-order valence-corrected chi connectivity index (χ2v) is 6.07. The third-order valence-corrected chi connectivity index (χ3v) is 4.68. The molecule has 1 aromatic rings. The average Bonchev–Trinajstić information content (AvgIpc) is 3.14. The molecule has 6 nitrogen and oxygen atoms in total. The molecule has 0 atom stereocenters. The first-order valence-electron chi connectivity index (χ1n) is 5.65. The van der Waals surface area contributed by atoms with Gasteiger partial charge in [-0.2, -0.15) is 4.31 Å². The third-order valence-electron chi connectivity index (χ3n) is 2.74. The summed E-state index contributed by atoms with van der Waals surface area (Å²) >= 11 is 0. The molecule has 0 spiro atoms. The van der Waals surface area contributed by atoms with E-state index in [-0.39, 0.29) is 23.9 Å². The molecule has 1 N–H and O–H groups in total. The third kappa shape index (κ3) is 2.85. The Hall–Kier alpha value is -1.47. The Bertz CT molecular complexity index is 525. The molecule has 1 heterocycles. The van der Waals surface area contributed by atoms with Gasteiger partial charge in [-0.3, -0.25) is 9.78 Å². The Labute approximate surface area is 105 Å². The number of rotatable bonds is 6. The molecule has 0 aromatic carbocycles. The fourth-order valence-electron chi connectivity index (χ4n) is 1.70. The second kappa shape index (κ2) is 5.03. The van der Waals surface area contributed by atoms with E-state index in [1.165, 1.54) is 22.8 Å². The summed E-state index contributed by atoms with van der Waals surface area (Å²) in [6, 6.07) is 2.96. The number of nitrogens with zero attached hydrogens (tertiary/aromatic N) is 2. The van der Waals surface area contributed by atoms with E-state index in [9.17, 15) is 13.2 Å². The van der Waals surface area contributed by atoms with E-state index in [0.29, 0.717) is 0 Å². The second-order valence-electron chi connectivity index (χ2n) is 4.18. The number of pyridine rings is 1. The Morgan fingerprint density at radius 2 is 2.22 bits per heavy atom. The minimum atomic E-state index is -3.63. The van der Waals surface area contributed by atoms with Gasteiger partial charge in [0.2, 0.25) is 10.0 Å². The number of sulfonamides is 1. The number of carboxylic acid groups (broad SMARTS) is 1. The highest BCUT2D eigenvalue weighted by Crippen LogP contribution is 2.31. The Kier molecular flexibility index (Phi) is 3.63. The van der Waals surface area contributed by atoms with Crippen molar-refractivity contribution in [3.8, 4) is 0 Å². The molecule has 7 heteroatoms. The van der Waals surface area contributed by atoms with Gasteiger partial charge in [-0.1, -0.05) is 0 Å². The first-order valence-corrected chi connectivity index (χ1v) is 7.09. The smallest absolute Gasteiger partial charge is 0.304 e. The molecular formula is C11H14N2O4S. The van der Waals surface area contributed by atoms with Crippen LogP contribution >= 0.6 is 0 Å². The van der Waals surface area contributed by atoms with Crippen molar-refractivity contribution in [2.45, 2.75) is 30.2 Å². The summed E-state index contributed by atoms with van der Waals surface area (Å²) in [7, 11) is -3.63. The van der Waals surface area contributed by atoms with Crippen molar-refractivity contribution in [3.05, 3.63) is 24.5 Å². The zero-order valence-corrected chi connectivity index (χ0v) is 10.5. The molecule has 0 radical (unpaired) electrons. The normalized spacial score (nSPS) is 15.8. The number of hydrogen-bond acceptors (Lipinski definition) is 4. The van der Waals surface area contributed by atoms with Gasteiger partial charge in [0.1, 0.15) is 4.90 Å². The lowest BCUT2D eigenvalue weighted by atomic mass is 10.4. The van der Waals surface area contributed by atoms with Crippen molar-refractivity contribution < 1.29 is 18.3 Å². The van der Waals surface area contributed by atoms with Crippen LogP contribution in [-0.4, -0.2) is 41.4 Å².